The van der Waals surface area contributed by atoms with Gasteiger partial charge in [-0.1, -0.05) is 6.07 Å². The molecule has 0 bridgehead atoms. The number of nitrogens with zero attached hydrogens (tertiary/aromatic N) is 4. The maximum Gasteiger partial charge on any atom is 0.253 e. The lowest BCUT2D eigenvalue weighted by Gasteiger charge is -2.18. The molecule has 128 valence electrons. The van der Waals surface area contributed by atoms with Crippen LogP contribution in [0.4, 0.5) is 4.39 Å². The minimum absolute atomic E-state index is 0.147. The fourth-order valence-electron chi connectivity index (χ4n) is 2.27. The van der Waals surface area contributed by atoms with E-state index in [1.54, 1.807) is 65.7 Å². The normalized spacial score (nSPS) is 10.5. The number of benzene rings is 1. The summed E-state index contributed by atoms with van der Waals surface area (Å²) < 4.78 is 20.3. The van der Waals surface area contributed by atoms with Crippen molar-refractivity contribution >= 4 is 5.91 Å². The second-order valence-corrected chi connectivity index (χ2v) is 5.41. The van der Waals surface area contributed by atoms with E-state index in [0.29, 0.717) is 23.7 Å². The van der Waals surface area contributed by atoms with Crippen LogP contribution in [-0.4, -0.2) is 45.5 Å². The van der Waals surface area contributed by atoms with Crippen molar-refractivity contribution in [3.63, 3.8) is 0 Å². The zero-order chi connectivity index (χ0) is 17.6. The summed E-state index contributed by atoms with van der Waals surface area (Å²) in [6.07, 6.45) is 6.60. The molecule has 2 heterocycles. The number of carbonyl (C=O) groups is 1. The monoisotopic (exact) mass is 340 g/mol. The van der Waals surface area contributed by atoms with E-state index in [2.05, 4.69) is 9.97 Å². The molecule has 0 aliphatic rings. The Bertz CT molecular complexity index is 852. The molecule has 2 aromatic heterocycles. The predicted octanol–water partition coefficient (Wildman–Crippen LogP) is 2.56. The number of pyridine rings is 1. The van der Waals surface area contributed by atoms with Gasteiger partial charge in [-0.25, -0.2) is 14.4 Å². The Morgan fingerprint density at radius 3 is 2.92 bits per heavy atom. The Hall–Kier alpha value is -3.22. The largest absolute Gasteiger partial charge is 0.492 e. The molecule has 0 radical (unpaired) electrons. The molecular formula is C18H17FN4O2. The highest BCUT2D eigenvalue weighted by Gasteiger charge is 2.13. The fourth-order valence-corrected chi connectivity index (χ4v) is 2.27. The van der Waals surface area contributed by atoms with E-state index < -0.39 is 0 Å². The van der Waals surface area contributed by atoms with Crippen molar-refractivity contribution in [2.45, 2.75) is 0 Å². The van der Waals surface area contributed by atoms with Gasteiger partial charge in [0, 0.05) is 37.3 Å². The molecular weight excluding hydrogens is 323 g/mol. The second-order valence-electron chi connectivity index (χ2n) is 5.41. The Kier molecular flexibility index (Phi) is 5.03. The van der Waals surface area contributed by atoms with Gasteiger partial charge in [-0.3, -0.25) is 9.36 Å². The van der Waals surface area contributed by atoms with Crippen LogP contribution in [0.15, 0.2) is 61.3 Å². The summed E-state index contributed by atoms with van der Waals surface area (Å²) in [6, 6.07) is 9.27. The van der Waals surface area contributed by atoms with E-state index >= 15 is 0 Å². The van der Waals surface area contributed by atoms with E-state index in [1.165, 1.54) is 12.1 Å². The fraction of sp³-hybridized carbons (Fsp3) is 0.167. The first kappa shape index (κ1) is 16.6. The summed E-state index contributed by atoms with van der Waals surface area (Å²) in [5.74, 6) is 0.553. The van der Waals surface area contributed by atoms with Crippen LogP contribution < -0.4 is 4.74 Å². The van der Waals surface area contributed by atoms with Crippen LogP contribution in [0, 0.1) is 5.82 Å². The Labute approximate surface area is 144 Å². The number of rotatable bonds is 6. The van der Waals surface area contributed by atoms with Gasteiger partial charge in [-0.2, -0.15) is 0 Å². The summed E-state index contributed by atoms with van der Waals surface area (Å²) in [6.45, 7) is 0.642. The number of aromatic nitrogens is 3. The van der Waals surface area contributed by atoms with Crippen LogP contribution in [0.2, 0.25) is 0 Å². The van der Waals surface area contributed by atoms with Gasteiger partial charge in [0.05, 0.1) is 6.54 Å². The Morgan fingerprint density at radius 2 is 2.16 bits per heavy atom. The highest BCUT2D eigenvalue weighted by Crippen LogP contribution is 2.12. The summed E-state index contributed by atoms with van der Waals surface area (Å²) in [4.78, 5) is 22.3. The first-order valence-electron chi connectivity index (χ1n) is 7.72. The average Bonchev–Trinajstić information content (AvgIpc) is 3.16. The van der Waals surface area contributed by atoms with E-state index in [-0.39, 0.29) is 18.3 Å². The number of hydrogen-bond donors (Lipinski definition) is 0. The summed E-state index contributed by atoms with van der Waals surface area (Å²) in [7, 11) is 1.69. The number of imidazole rings is 1. The molecule has 0 spiro atoms. The molecule has 0 saturated carbocycles. The van der Waals surface area contributed by atoms with Crippen LogP contribution in [-0.2, 0) is 0 Å². The van der Waals surface area contributed by atoms with Crippen LogP contribution in [0.3, 0.4) is 0 Å². The van der Waals surface area contributed by atoms with Gasteiger partial charge < -0.3 is 9.64 Å². The SMILES string of the molecule is CN(CCOc1cccc(F)c1)C(=O)c1ccnc(-n2ccnc2)c1. The molecule has 3 aromatic rings. The standard InChI is InChI=1S/C18H17FN4O2/c1-22(9-10-25-16-4-2-3-15(19)12-16)18(24)14-5-6-21-17(11-14)23-8-7-20-13-23/h2-8,11-13H,9-10H2,1H3. The third-order valence-corrected chi connectivity index (χ3v) is 3.60. The molecule has 0 atom stereocenters. The van der Waals surface area contributed by atoms with E-state index in [1.807, 2.05) is 0 Å². The third kappa shape index (κ3) is 4.20. The number of hydrogen-bond acceptors (Lipinski definition) is 4. The van der Waals surface area contributed by atoms with Crippen molar-refractivity contribution in [3.8, 4) is 11.6 Å². The van der Waals surface area contributed by atoms with Crippen LogP contribution >= 0.6 is 0 Å². The molecule has 1 aromatic carbocycles. The molecule has 6 nitrogen and oxygen atoms in total. The second kappa shape index (κ2) is 7.57. The van der Waals surface area contributed by atoms with Crippen molar-refractivity contribution in [3.05, 3.63) is 72.7 Å². The van der Waals surface area contributed by atoms with Crippen LogP contribution in [0.25, 0.3) is 5.82 Å². The van der Waals surface area contributed by atoms with Crippen LogP contribution in [0.1, 0.15) is 10.4 Å². The molecule has 0 fully saturated rings. The molecule has 0 unspecified atom stereocenters. The van der Waals surface area contributed by atoms with Gasteiger partial charge in [0.1, 0.15) is 30.3 Å². The van der Waals surface area contributed by atoms with Crippen molar-refractivity contribution < 1.29 is 13.9 Å². The molecule has 0 aliphatic heterocycles. The van der Waals surface area contributed by atoms with Crippen molar-refractivity contribution in [1.29, 1.82) is 0 Å². The zero-order valence-corrected chi connectivity index (χ0v) is 13.7. The highest BCUT2D eigenvalue weighted by molar-refractivity contribution is 5.94. The van der Waals surface area contributed by atoms with Crippen molar-refractivity contribution in [2.75, 3.05) is 20.2 Å². The maximum absolute atomic E-state index is 13.1. The van der Waals surface area contributed by atoms with Gasteiger partial charge in [0.2, 0.25) is 0 Å². The maximum atomic E-state index is 13.1. The molecule has 3 rings (SSSR count). The molecule has 0 aliphatic carbocycles. The van der Waals surface area contributed by atoms with Crippen LogP contribution in [0.5, 0.6) is 5.75 Å². The first-order chi connectivity index (χ1) is 12.1. The van der Waals surface area contributed by atoms with Gasteiger partial charge in [0.25, 0.3) is 5.91 Å². The molecule has 0 saturated heterocycles. The molecule has 0 N–H and O–H groups in total. The Balaban J connectivity index is 1.60. The van der Waals surface area contributed by atoms with Gasteiger partial charge in [0.15, 0.2) is 0 Å². The number of carbonyl (C=O) groups excluding carboxylic acids is 1. The lowest BCUT2D eigenvalue weighted by atomic mass is 10.2. The number of likely N-dealkylation sites (N-methyl/N-ethyl adjacent to an activating group) is 1. The number of ether oxygens (including phenoxy) is 1. The lowest BCUT2D eigenvalue weighted by molar-refractivity contribution is 0.0773. The highest BCUT2D eigenvalue weighted by atomic mass is 19.1. The predicted molar refractivity (Wildman–Crippen MR) is 90.2 cm³/mol. The molecule has 7 heteroatoms. The quantitative estimate of drug-likeness (QED) is 0.692. The smallest absolute Gasteiger partial charge is 0.253 e. The minimum atomic E-state index is -0.356. The first-order valence-corrected chi connectivity index (χ1v) is 7.72. The van der Waals surface area contributed by atoms with E-state index in [4.69, 9.17) is 4.74 Å². The topological polar surface area (TPSA) is 60.2 Å². The molecule has 25 heavy (non-hydrogen) atoms. The summed E-state index contributed by atoms with van der Waals surface area (Å²) in [5, 5.41) is 0. The van der Waals surface area contributed by atoms with Gasteiger partial charge in [-0.05, 0) is 24.3 Å². The van der Waals surface area contributed by atoms with Gasteiger partial charge in [-0.15, -0.1) is 0 Å². The minimum Gasteiger partial charge on any atom is -0.492 e. The van der Waals surface area contributed by atoms with Gasteiger partial charge >= 0.3 is 0 Å². The third-order valence-electron chi connectivity index (χ3n) is 3.60. The van der Waals surface area contributed by atoms with Crippen molar-refractivity contribution in [2.24, 2.45) is 0 Å². The number of amides is 1. The lowest BCUT2D eigenvalue weighted by Crippen LogP contribution is -2.31. The van der Waals surface area contributed by atoms with E-state index in [9.17, 15) is 9.18 Å². The van der Waals surface area contributed by atoms with Crippen molar-refractivity contribution in [1.82, 2.24) is 19.4 Å². The zero-order valence-electron chi connectivity index (χ0n) is 13.7. The summed E-state index contributed by atoms with van der Waals surface area (Å²) in [5.41, 5.74) is 0.520. The molecule has 1 amide bonds. The average molecular weight is 340 g/mol. The number of halogens is 1. The van der Waals surface area contributed by atoms with E-state index in [0.717, 1.165) is 0 Å². The summed E-state index contributed by atoms with van der Waals surface area (Å²) >= 11 is 0. The Morgan fingerprint density at radius 1 is 1.28 bits per heavy atom.